The summed E-state index contributed by atoms with van der Waals surface area (Å²) in [6.45, 7) is -1.50. The number of hydrogen-bond acceptors (Lipinski definition) is 4. The normalized spacial score (nSPS) is 12.3. The SMILES string of the molecule is O=C(Nc1ccc(-c2n[nH]c(=O)c3ccccc23)cc1)c1cnn(CC(C(F)(F)F)C(F)(F)F)c1. The minimum absolute atomic E-state index is 0.217. The molecule has 2 heterocycles. The molecule has 0 aliphatic heterocycles. The van der Waals surface area contributed by atoms with Crippen molar-refractivity contribution >= 4 is 22.4 Å². The maximum atomic E-state index is 12.8. The molecule has 0 spiro atoms. The van der Waals surface area contributed by atoms with Crippen molar-refractivity contribution in [3.8, 4) is 11.3 Å². The second kappa shape index (κ2) is 8.89. The van der Waals surface area contributed by atoms with Gasteiger partial charge in [-0.15, -0.1) is 0 Å². The second-order valence-corrected chi connectivity index (χ2v) is 7.57. The van der Waals surface area contributed by atoms with Gasteiger partial charge >= 0.3 is 12.4 Å². The highest BCUT2D eigenvalue weighted by atomic mass is 19.4. The summed E-state index contributed by atoms with van der Waals surface area (Å²) >= 11 is 0. The average Bonchev–Trinajstić information content (AvgIpc) is 3.26. The van der Waals surface area contributed by atoms with Gasteiger partial charge in [0.25, 0.3) is 11.5 Å². The Balaban J connectivity index is 1.49. The lowest BCUT2D eigenvalue weighted by atomic mass is 10.0. The highest BCUT2D eigenvalue weighted by Crippen LogP contribution is 2.40. The van der Waals surface area contributed by atoms with Gasteiger partial charge in [-0.3, -0.25) is 14.3 Å². The van der Waals surface area contributed by atoms with Gasteiger partial charge in [0, 0.05) is 22.8 Å². The van der Waals surface area contributed by atoms with E-state index in [0.717, 1.165) is 12.4 Å². The molecule has 0 unspecified atom stereocenters. The first-order valence-electron chi connectivity index (χ1n) is 9.98. The third kappa shape index (κ3) is 5.18. The number of H-pyrrole nitrogens is 1. The molecule has 0 aliphatic rings. The average molecular weight is 495 g/mol. The molecule has 0 saturated carbocycles. The van der Waals surface area contributed by atoms with E-state index >= 15 is 0 Å². The molecule has 7 nitrogen and oxygen atoms in total. The van der Waals surface area contributed by atoms with E-state index in [1.54, 1.807) is 36.4 Å². The summed E-state index contributed by atoms with van der Waals surface area (Å²) < 4.78 is 76.9. The third-order valence-corrected chi connectivity index (χ3v) is 5.17. The van der Waals surface area contributed by atoms with Crippen LogP contribution in [0.15, 0.2) is 65.7 Å². The molecule has 1 amide bonds. The Morgan fingerprint density at radius 3 is 2.23 bits per heavy atom. The van der Waals surface area contributed by atoms with Gasteiger partial charge in [0.05, 0.1) is 29.4 Å². The maximum Gasteiger partial charge on any atom is 0.402 e. The molecule has 0 bridgehead atoms. The number of nitrogens with zero attached hydrogens (tertiary/aromatic N) is 3. The van der Waals surface area contributed by atoms with Gasteiger partial charge < -0.3 is 5.32 Å². The van der Waals surface area contributed by atoms with E-state index in [-0.39, 0.29) is 11.1 Å². The van der Waals surface area contributed by atoms with Crippen molar-refractivity contribution in [2.75, 3.05) is 5.32 Å². The molecule has 13 heteroatoms. The van der Waals surface area contributed by atoms with Crippen LogP contribution in [0, 0.1) is 5.92 Å². The molecule has 2 aromatic heterocycles. The first kappa shape index (κ1) is 24.0. The number of halogens is 6. The van der Waals surface area contributed by atoms with Crippen molar-refractivity contribution in [1.82, 2.24) is 20.0 Å². The van der Waals surface area contributed by atoms with Crippen molar-refractivity contribution in [2.45, 2.75) is 18.9 Å². The van der Waals surface area contributed by atoms with Gasteiger partial charge in [-0.2, -0.15) is 36.5 Å². The van der Waals surface area contributed by atoms with Crippen molar-refractivity contribution in [2.24, 2.45) is 5.92 Å². The first-order chi connectivity index (χ1) is 16.4. The molecular weight excluding hydrogens is 480 g/mol. The lowest BCUT2D eigenvalue weighted by Crippen LogP contribution is -2.39. The fourth-order valence-electron chi connectivity index (χ4n) is 3.41. The molecule has 35 heavy (non-hydrogen) atoms. The van der Waals surface area contributed by atoms with Gasteiger partial charge in [-0.1, -0.05) is 30.3 Å². The van der Waals surface area contributed by atoms with Gasteiger partial charge in [-0.05, 0) is 18.2 Å². The summed E-state index contributed by atoms with van der Waals surface area (Å²) in [4.78, 5) is 24.4. The van der Waals surface area contributed by atoms with E-state index in [1.165, 1.54) is 12.1 Å². The summed E-state index contributed by atoms with van der Waals surface area (Å²) in [5.74, 6) is -4.39. The Hall–Kier alpha value is -4.16. The summed E-state index contributed by atoms with van der Waals surface area (Å²) in [5.41, 5.74) is 0.886. The van der Waals surface area contributed by atoms with Crippen LogP contribution in [-0.2, 0) is 6.54 Å². The molecule has 4 rings (SSSR count). The molecule has 0 saturated heterocycles. The van der Waals surface area contributed by atoms with E-state index in [1.807, 2.05) is 0 Å². The van der Waals surface area contributed by atoms with Crippen LogP contribution >= 0.6 is 0 Å². The first-order valence-corrected chi connectivity index (χ1v) is 9.98. The van der Waals surface area contributed by atoms with Crippen LogP contribution in [0.3, 0.4) is 0 Å². The number of alkyl halides is 6. The molecule has 4 aromatic rings. The van der Waals surface area contributed by atoms with Crippen LogP contribution in [-0.4, -0.2) is 38.2 Å². The number of amides is 1. The summed E-state index contributed by atoms with van der Waals surface area (Å²) in [5, 5.41) is 13.5. The van der Waals surface area contributed by atoms with Crippen molar-refractivity contribution in [3.05, 3.63) is 76.8 Å². The largest absolute Gasteiger partial charge is 0.402 e. The quantitative estimate of drug-likeness (QED) is 0.390. The van der Waals surface area contributed by atoms with Crippen molar-refractivity contribution < 1.29 is 31.1 Å². The highest BCUT2D eigenvalue weighted by Gasteiger charge is 2.56. The van der Waals surface area contributed by atoms with Crippen LogP contribution in [0.25, 0.3) is 22.0 Å². The molecule has 182 valence electrons. The Morgan fingerprint density at radius 1 is 0.971 bits per heavy atom. The fraction of sp³-hybridized carbons (Fsp3) is 0.182. The van der Waals surface area contributed by atoms with E-state index < -0.39 is 30.7 Å². The van der Waals surface area contributed by atoms with Crippen LogP contribution in [0.4, 0.5) is 32.0 Å². The van der Waals surface area contributed by atoms with Crippen LogP contribution < -0.4 is 10.9 Å². The van der Waals surface area contributed by atoms with Crippen LogP contribution in [0.1, 0.15) is 10.4 Å². The standard InChI is InChI=1S/C22H15F6N5O2/c23-21(24,25)17(22(26,27)28)11-33-10-13(9-29-33)19(34)30-14-7-5-12(6-8-14)18-15-3-1-2-4-16(15)20(35)32-31-18/h1-10,17H,11H2,(H,30,34)(H,32,35). The minimum atomic E-state index is -5.51. The number of anilines is 1. The number of nitrogens with one attached hydrogen (secondary N) is 2. The Bertz CT molecular complexity index is 1410. The predicted molar refractivity (Wildman–Crippen MR) is 114 cm³/mol. The minimum Gasteiger partial charge on any atom is -0.322 e. The zero-order valence-corrected chi connectivity index (χ0v) is 17.5. The van der Waals surface area contributed by atoms with E-state index in [4.69, 9.17) is 0 Å². The summed E-state index contributed by atoms with van der Waals surface area (Å²) in [6, 6.07) is 13.2. The highest BCUT2D eigenvalue weighted by molar-refractivity contribution is 6.04. The third-order valence-electron chi connectivity index (χ3n) is 5.17. The van der Waals surface area contributed by atoms with Crippen molar-refractivity contribution in [3.63, 3.8) is 0 Å². The van der Waals surface area contributed by atoms with Crippen LogP contribution in [0.5, 0.6) is 0 Å². The second-order valence-electron chi connectivity index (χ2n) is 7.57. The van der Waals surface area contributed by atoms with Gasteiger partial charge in [0.2, 0.25) is 0 Å². The van der Waals surface area contributed by atoms with E-state index in [9.17, 15) is 35.9 Å². The molecular formula is C22H15F6N5O2. The lowest BCUT2D eigenvalue weighted by Gasteiger charge is -2.22. The zero-order chi connectivity index (χ0) is 25.4. The number of hydrogen-bond donors (Lipinski definition) is 2. The topological polar surface area (TPSA) is 92.7 Å². The zero-order valence-electron chi connectivity index (χ0n) is 17.5. The predicted octanol–water partition coefficient (Wildman–Crippen LogP) is 4.78. The van der Waals surface area contributed by atoms with E-state index in [0.29, 0.717) is 32.4 Å². The molecule has 0 radical (unpaired) electrons. The monoisotopic (exact) mass is 495 g/mol. The Kier molecular flexibility index (Phi) is 6.09. The fourth-order valence-corrected chi connectivity index (χ4v) is 3.41. The van der Waals surface area contributed by atoms with Crippen LogP contribution in [0.2, 0.25) is 0 Å². The molecule has 2 aromatic carbocycles. The molecule has 0 atom stereocenters. The number of aromatic amines is 1. The Morgan fingerprint density at radius 2 is 1.60 bits per heavy atom. The van der Waals surface area contributed by atoms with Gasteiger partial charge in [-0.25, -0.2) is 5.10 Å². The maximum absolute atomic E-state index is 12.8. The number of benzene rings is 2. The summed E-state index contributed by atoms with van der Waals surface area (Å²) in [7, 11) is 0. The molecule has 2 N–H and O–H groups in total. The number of aromatic nitrogens is 4. The molecule has 0 aliphatic carbocycles. The molecule has 0 fully saturated rings. The summed E-state index contributed by atoms with van der Waals surface area (Å²) in [6.07, 6.45) is -9.34. The number of carbonyl (C=O) groups is 1. The van der Waals surface area contributed by atoms with Gasteiger partial charge in [0.15, 0.2) is 5.92 Å². The van der Waals surface area contributed by atoms with Gasteiger partial charge in [0.1, 0.15) is 0 Å². The Labute approximate surface area is 192 Å². The van der Waals surface area contributed by atoms with Crippen molar-refractivity contribution in [1.29, 1.82) is 0 Å². The number of fused-ring (bicyclic) bond motifs is 1. The van der Waals surface area contributed by atoms with E-state index in [2.05, 4.69) is 20.6 Å². The number of rotatable bonds is 5. The number of carbonyl (C=O) groups excluding carboxylic acids is 1. The lowest BCUT2D eigenvalue weighted by molar-refractivity contribution is -0.288. The smallest absolute Gasteiger partial charge is 0.322 e.